The second-order valence-corrected chi connectivity index (χ2v) is 9.48. The number of rotatable bonds is 3. The number of carbonyl (C=O) groups excluding carboxylic acids is 1. The lowest BCUT2D eigenvalue weighted by molar-refractivity contribution is -0.120. The van der Waals surface area contributed by atoms with E-state index in [9.17, 15) is 20.4 Å². The molecule has 1 aliphatic carbocycles. The van der Waals surface area contributed by atoms with Gasteiger partial charge in [-0.05, 0) is 53.6 Å². The highest BCUT2D eigenvalue weighted by atomic mass is 35.5. The van der Waals surface area contributed by atoms with Crippen LogP contribution < -0.4 is 4.90 Å². The number of aliphatic hydroxyl groups is 1. The first kappa shape index (κ1) is 21.5. The maximum absolute atomic E-state index is 13.8. The molecule has 0 radical (unpaired) electrons. The Morgan fingerprint density at radius 3 is 1.70 bits per heavy atom. The quantitative estimate of drug-likeness (QED) is 0.577. The molecule has 3 atom stereocenters. The Labute approximate surface area is 201 Å². The van der Waals surface area contributed by atoms with E-state index in [0.29, 0.717) is 26.9 Å². The van der Waals surface area contributed by atoms with Crippen molar-refractivity contribution in [3.63, 3.8) is 0 Å². The van der Waals surface area contributed by atoms with Crippen molar-refractivity contribution in [2.75, 3.05) is 4.90 Å². The van der Waals surface area contributed by atoms with E-state index in [1.807, 2.05) is 31.2 Å². The summed E-state index contributed by atoms with van der Waals surface area (Å²) in [6.07, 6.45) is -1.14. The third kappa shape index (κ3) is 2.77. The van der Waals surface area contributed by atoms with Crippen LogP contribution in [-0.2, 0) is 10.2 Å². The summed E-state index contributed by atoms with van der Waals surface area (Å²) in [4.78, 5) is 15.1. The summed E-state index contributed by atoms with van der Waals surface area (Å²) < 4.78 is 0. The molecular weight excluding hydrogens is 457 g/mol. The SMILES string of the molecule is C[C@]12C(O)N(c3cc(Cl)cc(Cl)c3)C(=O)[C@H]1C2(c1ccc(C#N)cc1)c1ccc(C#N)cc1. The first-order valence-electron chi connectivity index (χ1n) is 10.3. The fourth-order valence-electron chi connectivity index (χ4n) is 5.65. The molecule has 0 aromatic heterocycles. The van der Waals surface area contributed by atoms with E-state index in [-0.39, 0.29) is 5.91 Å². The molecule has 0 bridgehead atoms. The Morgan fingerprint density at radius 2 is 1.33 bits per heavy atom. The first-order valence-corrected chi connectivity index (χ1v) is 11.0. The molecule has 1 aliphatic heterocycles. The van der Waals surface area contributed by atoms with Gasteiger partial charge in [0.15, 0.2) is 0 Å². The molecule has 1 amide bonds. The Balaban J connectivity index is 1.67. The first-order chi connectivity index (χ1) is 15.8. The molecule has 1 N–H and O–H groups in total. The van der Waals surface area contributed by atoms with Crippen molar-refractivity contribution in [2.24, 2.45) is 11.3 Å². The molecular formula is C26H17Cl2N3O2. The van der Waals surface area contributed by atoms with Gasteiger partial charge in [0.2, 0.25) is 5.91 Å². The Bertz CT molecular complexity index is 1290. The predicted octanol–water partition coefficient (Wildman–Crippen LogP) is 5.02. The van der Waals surface area contributed by atoms with E-state index >= 15 is 0 Å². The number of piperidine rings is 1. The van der Waals surface area contributed by atoms with E-state index in [1.54, 1.807) is 42.5 Å². The van der Waals surface area contributed by atoms with Gasteiger partial charge >= 0.3 is 0 Å². The number of nitrogens with zero attached hydrogens (tertiary/aromatic N) is 3. The number of halogens is 2. The van der Waals surface area contributed by atoms with Crippen LogP contribution in [0.2, 0.25) is 10.0 Å². The summed E-state index contributed by atoms with van der Waals surface area (Å²) in [5, 5.41) is 30.7. The maximum atomic E-state index is 13.8. The van der Waals surface area contributed by atoms with Gasteiger partial charge in [0.25, 0.3) is 0 Å². The topological polar surface area (TPSA) is 88.1 Å². The van der Waals surface area contributed by atoms with E-state index < -0.39 is 23.0 Å². The van der Waals surface area contributed by atoms with Crippen molar-refractivity contribution in [1.82, 2.24) is 0 Å². The highest BCUT2D eigenvalue weighted by Crippen LogP contribution is 2.78. The Morgan fingerprint density at radius 1 is 0.879 bits per heavy atom. The number of anilines is 1. The highest BCUT2D eigenvalue weighted by Gasteiger charge is 2.86. The summed E-state index contributed by atoms with van der Waals surface area (Å²) >= 11 is 12.3. The van der Waals surface area contributed by atoms with Gasteiger partial charge in [0.1, 0.15) is 6.23 Å². The molecule has 5 rings (SSSR count). The van der Waals surface area contributed by atoms with Gasteiger partial charge < -0.3 is 5.11 Å². The lowest BCUT2D eigenvalue weighted by atomic mass is 9.78. The molecule has 1 unspecified atom stereocenters. The van der Waals surface area contributed by atoms with Crippen LogP contribution in [-0.4, -0.2) is 17.2 Å². The van der Waals surface area contributed by atoms with E-state index in [4.69, 9.17) is 23.2 Å². The number of carbonyl (C=O) groups is 1. The van der Waals surface area contributed by atoms with Gasteiger partial charge in [-0.1, -0.05) is 54.4 Å². The second-order valence-electron chi connectivity index (χ2n) is 8.61. The number of hydrogen-bond acceptors (Lipinski definition) is 4. The molecule has 1 heterocycles. The van der Waals surface area contributed by atoms with Crippen molar-refractivity contribution in [3.8, 4) is 12.1 Å². The standard InChI is InChI=1S/C26H17Cl2N3O2/c1-25-22(23(32)31(24(25)33)21-11-19(27)10-20(28)12-21)26(25,17-6-2-15(13-29)3-7-17)18-8-4-16(14-30)5-9-18/h2-12,22,24,33H,1H3/t22-,24?,25-/m1/s1. The lowest BCUT2D eigenvalue weighted by Crippen LogP contribution is -2.45. The number of benzene rings is 3. The smallest absolute Gasteiger partial charge is 0.234 e. The van der Waals surface area contributed by atoms with Gasteiger partial charge in [0, 0.05) is 26.6 Å². The van der Waals surface area contributed by atoms with Crippen molar-refractivity contribution in [2.45, 2.75) is 18.6 Å². The second kappa shape index (κ2) is 7.33. The lowest BCUT2D eigenvalue weighted by Gasteiger charge is -2.35. The summed E-state index contributed by atoms with van der Waals surface area (Å²) in [6.45, 7) is 1.89. The minimum Gasteiger partial charge on any atom is -0.372 e. The predicted molar refractivity (Wildman–Crippen MR) is 125 cm³/mol. The van der Waals surface area contributed by atoms with Crippen LogP contribution in [0.4, 0.5) is 5.69 Å². The average Bonchev–Trinajstić information content (AvgIpc) is 3.33. The number of nitriles is 2. The molecule has 33 heavy (non-hydrogen) atoms. The molecule has 1 saturated heterocycles. The zero-order chi connectivity index (χ0) is 23.5. The molecule has 0 spiro atoms. The number of amides is 1. The van der Waals surface area contributed by atoms with Crippen LogP contribution in [0.5, 0.6) is 0 Å². The zero-order valence-electron chi connectivity index (χ0n) is 17.5. The number of hydrogen-bond donors (Lipinski definition) is 1. The van der Waals surface area contributed by atoms with Crippen molar-refractivity contribution >= 4 is 34.8 Å². The number of aliphatic hydroxyl groups excluding tert-OH is 1. The molecule has 2 aliphatic rings. The fourth-order valence-corrected chi connectivity index (χ4v) is 6.16. The minimum absolute atomic E-state index is 0.239. The van der Waals surface area contributed by atoms with Gasteiger partial charge in [-0.15, -0.1) is 0 Å². The van der Waals surface area contributed by atoms with Crippen LogP contribution in [0, 0.1) is 34.0 Å². The largest absolute Gasteiger partial charge is 0.372 e. The maximum Gasteiger partial charge on any atom is 0.234 e. The molecule has 5 nitrogen and oxygen atoms in total. The van der Waals surface area contributed by atoms with Crippen LogP contribution in [0.3, 0.4) is 0 Å². The average molecular weight is 474 g/mol. The van der Waals surface area contributed by atoms with Crippen LogP contribution in [0.15, 0.2) is 66.7 Å². The van der Waals surface area contributed by atoms with E-state index in [1.165, 1.54) is 4.90 Å². The summed E-state index contributed by atoms with van der Waals surface area (Å²) in [7, 11) is 0. The van der Waals surface area contributed by atoms with Crippen LogP contribution in [0.1, 0.15) is 29.2 Å². The molecule has 2 fully saturated rings. The normalized spacial score (nSPS) is 24.7. The molecule has 7 heteroatoms. The van der Waals surface area contributed by atoms with E-state index in [2.05, 4.69) is 12.1 Å². The van der Waals surface area contributed by atoms with Crippen molar-refractivity contribution in [1.29, 1.82) is 10.5 Å². The zero-order valence-corrected chi connectivity index (χ0v) is 19.0. The van der Waals surface area contributed by atoms with E-state index in [0.717, 1.165) is 11.1 Å². The number of fused-ring (bicyclic) bond motifs is 1. The molecule has 1 saturated carbocycles. The minimum atomic E-state index is -1.14. The highest BCUT2D eigenvalue weighted by molar-refractivity contribution is 6.35. The molecule has 162 valence electrons. The summed E-state index contributed by atoms with van der Waals surface area (Å²) in [6, 6.07) is 23.2. The fraction of sp³-hybridized carbons (Fsp3) is 0.192. The van der Waals surface area contributed by atoms with Gasteiger partial charge in [-0.2, -0.15) is 10.5 Å². The Hall–Kier alpha value is -3.35. The van der Waals surface area contributed by atoms with Gasteiger partial charge in [-0.25, -0.2) is 0 Å². The van der Waals surface area contributed by atoms with Crippen molar-refractivity contribution < 1.29 is 9.90 Å². The van der Waals surface area contributed by atoms with Crippen LogP contribution in [0.25, 0.3) is 0 Å². The molecule has 3 aromatic rings. The monoisotopic (exact) mass is 473 g/mol. The van der Waals surface area contributed by atoms with Gasteiger partial charge in [-0.3, -0.25) is 9.69 Å². The summed E-state index contributed by atoms with van der Waals surface area (Å²) in [5.74, 6) is -0.796. The Kier molecular flexibility index (Phi) is 4.78. The third-order valence-electron chi connectivity index (χ3n) is 7.13. The van der Waals surface area contributed by atoms with Gasteiger partial charge in [0.05, 0.1) is 29.2 Å². The third-order valence-corrected chi connectivity index (χ3v) is 7.56. The van der Waals surface area contributed by atoms with Crippen LogP contribution >= 0.6 is 23.2 Å². The molecule has 3 aromatic carbocycles. The van der Waals surface area contributed by atoms with Crippen molar-refractivity contribution in [3.05, 3.63) is 99.0 Å². The summed E-state index contributed by atoms with van der Waals surface area (Å²) in [5.41, 5.74) is 1.43.